The normalized spacial score (nSPS) is 12.1. The van der Waals surface area contributed by atoms with Gasteiger partial charge in [0, 0.05) is 5.69 Å². The van der Waals surface area contributed by atoms with E-state index in [1.54, 1.807) is 22.9 Å². The minimum Gasteiger partial charge on any atom is -0.467 e. The van der Waals surface area contributed by atoms with Gasteiger partial charge in [-0.05, 0) is 37.3 Å². The second kappa shape index (κ2) is 6.50. The van der Waals surface area contributed by atoms with E-state index in [-0.39, 0.29) is 12.5 Å². The Morgan fingerprint density at radius 3 is 2.78 bits per heavy atom. The van der Waals surface area contributed by atoms with Crippen LogP contribution in [0.3, 0.4) is 0 Å². The molecule has 0 bridgehead atoms. The number of rotatable bonds is 5. The molecule has 0 saturated carbocycles. The Kier molecular flexibility index (Phi) is 4.25. The molecule has 3 rings (SSSR count). The van der Waals surface area contributed by atoms with Crippen molar-refractivity contribution in [2.45, 2.75) is 13.0 Å². The maximum atomic E-state index is 12.2. The smallest absolute Gasteiger partial charge is 0.271 e. The molecule has 0 spiro atoms. The molecule has 0 aliphatic rings. The van der Waals surface area contributed by atoms with Crippen molar-refractivity contribution in [3.8, 4) is 5.69 Å². The first-order valence-electron chi connectivity index (χ1n) is 7.27. The molecular weight excluding hydrogens is 294 g/mol. The summed E-state index contributed by atoms with van der Waals surface area (Å²) in [5.41, 5.74) is 2.05. The molecule has 118 valence electrons. The van der Waals surface area contributed by atoms with Crippen LogP contribution in [-0.2, 0) is 0 Å². The van der Waals surface area contributed by atoms with E-state index >= 15 is 0 Å². The summed E-state index contributed by atoms with van der Waals surface area (Å²) in [5, 5.41) is 16.9. The molecule has 2 N–H and O–H groups in total. The number of amides is 1. The van der Waals surface area contributed by atoms with E-state index < -0.39 is 6.10 Å². The van der Waals surface area contributed by atoms with Gasteiger partial charge in [0.25, 0.3) is 5.91 Å². The SMILES string of the molecule is Cc1cc(C(=O)NCC(O)c2ccco2)nn1-c1ccccc1. The minimum absolute atomic E-state index is 0.0591. The number of para-hydroxylation sites is 1. The van der Waals surface area contributed by atoms with Crippen LogP contribution in [0, 0.1) is 6.92 Å². The molecule has 23 heavy (non-hydrogen) atoms. The largest absolute Gasteiger partial charge is 0.467 e. The summed E-state index contributed by atoms with van der Waals surface area (Å²) >= 11 is 0. The second-order valence-corrected chi connectivity index (χ2v) is 5.16. The molecular formula is C17H17N3O3. The van der Waals surface area contributed by atoms with Crippen LogP contribution in [0.5, 0.6) is 0 Å². The van der Waals surface area contributed by atoms with E-state index in [1.807, 2.05) is 37.3 Å². The number of furan rings is 1. The first-order chi connectivity index (χ1) is 11.1. The van der Waals surface area contributed by atoms with Gasteiger partial charge in [0.1, 0.15) is 11.9 Å². The van der Waals surface area contributed by atoms with Crippen LogP contribution in [0.25, 0.3) is 5.69 Å². The van der Waals surface area contributed by atoms with Crippen LogP contribution in [0.1, 0.15) is 28.0 Å². The van der Waals surface area contributed by atoms with Crippen molar-refractivity contribution >= 4 is 5.91 Å². The Bertz CT molecular complexity index is 779. The van der Waals surface area contributed by atoms with Crippen molar-refractivity contribution in [1.82, 2.24) is 15.1 Å². The average Bonchev–Trinajstić information content (AvgIpc) is 3.23. The van der Waals surface area contributed by atoms with E-state index in [2.05, 4.69) is 10.4 Å². The summed E-state index contributed by atoms with van der Waals surface area (Å²) in [6.45, 7) is 1.94. The van der Waals surface area contributed by atoms with Crippen molar-refractivity contribution in [1.29, 1.82) is 0 Å². The van der Waals surface area contributed by atoms with Gasteiger partial charge in [-0.2, -0.15) is 5.10 Å². The Morgan fingerprint density at radius 2 is 2.09 bits per heavy atom. The summed E-state index contributed by atoms with van der Waals surface area (Å²) in [5.74, 6) is 0.0738. The highest BCUT2D eigenvalue weighted by molar-refractivity contribution is 5.92. The second-order valence-electron chi connectivity index (χ2n) is 5.16. The molecule has 0 aliphatic carbocycles. The summed E-state index contributed by atoms with van der Waals surface area (Å²) < 4.78 is 6.80. The number of aliphatic hydroxyl groups excluding tert-OH is 1. The molecule has 1 amide bonds. The number of carbonyl (C=O) groups excluding carboxylic acids is 1. The molecule has 1 atom stereocenters. The molecule has 0 aliphatic heterocycles. The standard InChI is InChI=1S/C17H17N3O3/c1-12-10-14(19-20(12)13-6-3-2-4-7-13)17(22)18-11-15(21)16-8-5-9-23-16/h2-10,15,21H,11H2,1H3,(H,18,22). The number of carbonyl (C=O) groups is 1. The van der Waals surface area contributed by atoms with E-state index in [9.17, 15) is 9.90 Å². The van der Waals surface area contributed by atoms with Crippen molar-refractivity contribution in [3.63, 3.8) is 0 Å². The highest BCUT2D eigenvalue weighted by Gasteiger charge is 2.16. The highest BCUT2D eigenvalue weighted by Crippen LogP contribution is 2.13. The van der Waals surface area contributed by atoms with Crippen molar-refractivity contribution in [2.24, 2.45) is 0 Å². The Balaban J connectivity index is 1.69. The summed E-state index contributed by atoms with van der Waals surface area (Å²) in [6.07, 6.45) is 0.594. The molecule has 3 aromatic rings. The molecule has 0 radical (unpaired) electrons. The van der Waals surface area contributed by atoms with Crippen LogP contribution >= 0.6 is 0 Å². The Labute approximate surface area is 133 Å². The molecule has 2 aromatic heterocycles. The van der Waals surface area contributed by atoms with E-state index in [1.165, 1.54) is 6.26 Å². The van der Waals surface area contributed by atoms with Gasteiger partial charge in [0.15, 0.2) is 5.69 Å². The van der Waals surface area contributed by atoms with Gasteiger partial charge in [-0.3, -0.25) is 4.79 Å². The lowest BCUT2D eigenvalue weighted by molar-refractivity contribution is 0.0896. The van der Waals surface area contributed by atoms with Crippen molar-refractivity contribution < 1.29 is 14.3 Å². The third-order valence-corrected chi connectivity index (χ3v) is 3.45. The van der Waals surface area contributed by atoms with Gasteiger partial charge < -0.3 is 14.8 Å². The van der Waals surface area contributed by atoms with Crippen LogP contribution in [0.15, 0.2) is 59.2 Å². The zero-order chi connectivity index (χ0) is 16.2. The Morgan fingerprint density at radius 1 is 1.30 bits per heavy atom. The van der Waals surface area contributed by atoms with Crippen LogP contribution in [-0.4, -0.2) is 27.3 Å². The number of benzene rings is 1. The molecule has 6 heteroatoms. The zero-order valence-electron chi connectivity index (χ0n) is 12.6. The predicted molar refractivity (Wildman–Crippen MR) is 84.3 cm³/mol. The van der Waals surface area contributed by atoms with Gasteiger partial charge in [0.2, 0.25) is 0 Å². The maximum absolute atomic E-state index is 12.2. The highest BCUT2D eigenvalue weighted by atomic mass is 16.4. The van der Waals surface area contributed by atoms with Gasteiger partial charge in [0.05, 0.1) is 18.5 Å². The molecule has 6 nitrogen and oxygen atoms in total. The molecule has 0 fully saturated rings. The fourth-order valence-electron chi connectivity index (χ4n) is 2.28. The van der Waals surface area contributed by atoms with Crippen LogP contribution in [0.4, 0.5) is 0 Å². The number of aliphatic hydroxyl groups is 1. The lowest BCUT2D eigenvalue weighted by Gasteiger charge is -2.08. The van der Waals surface area contributed by atoms with Gasteiger partial charge >= 0.3 is 0 Å². The maximum Gasteiger partial charge on any atom is 0.271 e. The van der Waals surface area contributed by atoms with Crippen molar-refractivity contribution in [2.75, 3.05) is 6.54 Å². The van der Waals surface area contributed by atoms with Crippen LogP contribution in [0.2, 0.25) is 0 Å². The third kappa shape index (κ3) is 3.32. The van der Waals surface area contributed by atoms with E-state index in [4.69, 9.17) is 4.42 Å². The average molecular weight is 311 g/mol. The van der Waals surface area contributed by atoms with E-state index in [0.717, 1.165) is 11.4 Å². The summed E-state index contributed by atoms with van der Waals surface area (Å²) in [4.78, 5) is 12.2. The number of aryl methyl sites for hydroxylation is 1. The van der Waals surface area contributed by atoms with Gasteiger partial charge in [-0.15, -0.1) is 0 Å². The molecule has 0 saturated heterocycles. The fraction of sp³-hybridized carbons (Fsp3) is 0.176. The molecule has 1 aromatic carbocycles. The summed E-state index contributed by atoms with van der Waals surface area (Å²) in [7, 11) is 0. The fourth-order valence-corrected chi connectivity index (χ4v) is 2.28. The first-order valence-corrected chi connectivity index (χ1v) is 7.27. The predicted octanol–water partition coefficient (Wildman–Crippen LogP) is 2.24. The topological polar surface area (TPSA) is 80.3 Å². The lowest BCUT2D eigenvalue weighted by atomic mass is 10.2. The summed E-state index contributed by atoms with van der Waals surface area (Å²) in [6, 6.07) is 14.6. The number of hydrogen-bond acceptors (Lipinski definition) is 4. The molecule has 2 heterocycles. The quantitative estimate of drug-likeness (QED) is 0.757. The minimum atomic E-state index is -0.883. The lowest BCUT2D eigenvalue weighted by Crippen LogP contribution is -2.28. The number of hydrogen-bond donors (Lipinski definition) is 2. The van der Waals surface area contributed by atoms with E-state index in [0.29, 0.717) is 11.5 Å². The number of nitrogens with zero attached hydrogens (tertiary/aromatic N) is 2. The van der Waals surface area contributed by atoms with Crippen molar-refractivity contribution in [3.05, 3.63) is 71.9 Å². The third-order valence-electron chi connectivity index (χ3n) is 3.45. The van der Waals surface area contributed by atoms with Gasteiger partial charge in [-0.25, -0.2) is 4.68 Å². The molecule has 1 unspecified atom stereocenters. The Hall–Kier alpha value is -2.86. The number of aromatic nitrogens is 2. The monoisotopic (exact) mass is 311 g/mol. The van der Waals surface area contributed by atoms with Gasteiger partial charge in [-0.1, -0.05) is 18.2 Å². The van der Waals surface area contributed by atoms with Crippen LogP contribution < -0.4 is 5.32 Å². The first kappa shape index (κ1) is 15.1. The number of nitrogens with one attached hydrogen (secondary N) is 1. The zero-order valence-corrected chi connectivity index (χ0v) is 12.6.